The molecular weight excluding hydrogens is 259 g/mol. The van der Waals surface area contributed by atoms with E-state index in [0.29, 0.717) is 17.9 Å². The number of rotatable bonds is 2. The summed E-state index contributed by atoms with van der Waals surface area (Å²) in [6, 6.07) is 11.5. The quantitative estimate of drug-likeness (QED) is 0.912. The zero-order valence-corrected chi connectivity index (χ0v) is 11.0. The lowest BCUT2D eigenvalue weighted by molar-refractivity contribution is 0.0654. The molecule has 4 heteroatoms. The van der Waals surface area contributed by atoms with E-state index in [1.165, 1.54) is 12.1 Å². The van der Waals surface area contributed by atoms with E-state index in [1.54, 1.807) is 37.4 Å². The number of aliphatic hydroxyl groups excluding tert-OH is 1. The SMILES string of the molecule is COc1ccc2c(c1)OC(c1ccc(F)cc1)C[C@H]2O. The summed E-state index contributed by atoms with van der Waals surface area (Å²) >= 11 is 0. The lowest BCUT2D eigenvalue weighted by Gasteiger charge is -2.30. The molecule has 0 spiro atoms. The maximum Gasteiger partial charge on any atom is 0.129 e. The van der Waals surface area contributed by atoms with Crippen molar-refractivity contribution in [3.63, 3.8) is 0 Å². The Bertz CT molecular complexity index is 610. The van der Waals surface area contributed by atoms with Gasteiger partial charge in [0.25, 0.3) is 0 Å². The Hall–Kier alpha value is -2.07. The van der Waals surface area contributed by atoms with Crippen LogP contribution in [0, 0.1) is 5.82 Å². The Labute approximate surface area is 116 Å². The highest BCUT2D eigenvalue weighted by Crippen LogP contribution is 2.42. The van der Waals surface area contributed by atoms with Crippen molar-refractivity contribution in [3.05, 3.63) is 59.4 Å². The van der Waals surface area contributed by atoms with E-state index in [1.807, 2.05) is 0 Å². The van der Waals surface area contributed by atoms with Crippen molar-refractivity contribution >= 4 is 0 Å². The Morgan fingerprint density at radius 1 is 1.20 bits per heavy atom. The maximum absolute atomic E-state index is 13.0. The fourth-order valence-electron chi connectivity index (χ4n) is 2.43. The second-order valence-corrected chi connectivity index (χ2v) is 4.81. The first-order valence-electron chi connectivity index (χ1n) is 6.45. The van der Waals surface area contributed by atoms with Gasteiger partial charge < -0.3 is 14.6 Å². The highest BCUT2D eigenvalue weighted by Gasteiger charge is 2.28. The lowest BCUT2D eigenvalue weighted by atomic mass is 9.95. The summed E-state index contributed by atoms with van der Waals surface area (Å²) in [6.45, 7) is 0. The number of benzene rings is 2. The van der Waals surface area contributed by atoms with E-state index >= 15 is 0 Å². The van der Waals surface area contributed by atoms with E-state index in [2.05, 4.69) is 0 Å². The second-order valence-electron chi connectivity index (χ2n) is 4.81. The highest BCUT2D eigenvalue weighted by atomic mass is 19.1. The second kappa shape index (κ2) is 5.13. The van der Waals surface area contributed by atoms with Crippen molar-refractivity contribution in [2.24, 2.45) is 0 Å². The molecule has 2 aromatic carbocycles. The van der Waals surface area contributed by atoms with Crippen LogP contribution in [-0.4, -0.2) is 12.2 Å². The molecule has 1 unspecified atom stereocenters. The van der Waals surface area contributed by atoms with Crippen LogP contribution in [0.3, 0.4) is 0 Å². The standard InChI is InChI=1S/C16H15FO3/c1-19-12-6-7-13-14(18)9-15(20-16(13)8-12)10-2-4-11(17)5-3-10/h2-8,14-15,18H,9H2,1H3/t14-,15?/m1/s1. The van der Waals surface area contributed by atoms with Crippen LogP contribution in [0.5, 0.6) is 11.5 Å². The minimum absolute atomic E-state index is 0.285. The number of hydrogen-bond acceptors (Lipinski definition) is 3. The van der Waals surface area contributed by atoms with Gasteiger partial charge in [-0.3, -0.25) is 0 Å². The van der Waals surface area contributed by atoms with E-state index < -0.39 is 6.10 Å². The van der Waals surface area contributed by atoms with Gasteiger partial charge in [0.15, 0.2) is 0 Å². The van der Waals surface area contributed by atoms with Crippen LogP contribution in [-0.2, 0) is 0 Å². The normalized spacial score (nSPS) is 20.9. The molecule has 1 aliphatic rings. The van der Waals surface area contributed by atoms with Crippen LogP contribution in [0.4, 0.5) is 4.39 Å². The van der Waals surface area contributed by atoms with Gasteiger partial charge in [0.05, 0.1) is 13.2 Å². The minimum Gasteiger partial charge on any atom is -0.497 e. The van der Waals surface area contributed by atoms with Crippen molar-refractivity contribution in [1.29, 1.82) is 0 Å². The van der Waals surface area contributed by atoms with Gasteiger partial charge in [-0.1, -0.05) is 12.1 Å². The van der Waals surface area contributed by atoms with Gasteiger partial charge in [0.1, 0.15) is 23.4 Å². The minimum atomic E-state index is -0.597. The molecule has 0 aromatic heterocycles. The molecule has 0 aliphatic carbocycles. The number of aliphatic hydroxyl groups is 1. The fourth-order valence-corrected chi connectivity index (χ4v) is 2.43. The monoisotopic (exact) mass is 274 g/mol. The van der Waals surface area contributed by atoms with Crippen molar-refractivity contribution < 1.29 is 19.0 Å². The molecule has 0 fully saturated rings. The third kappa shape index (κ3) is 2.34. The Balaban J connectivity index is 1.92. The van der Waals surface area contributed by atoms with Gasteiger partial charge >= 0.3 is 0 Å². The summed E-state index contributed by atoms with van der Waals surface area (Å²) in [6.07, 6.45) is -0.435. The van der Waals surface area contributed by atoms with Crippen molar-refractivity contribution in [3.8, 4) is 11.5 Å². The summed E-state index contributed by atoms with van der Waals surface area (Å²) in [5, 5.41) is 10.2. The molecule has 104 valence electrons. The molecule has 0 saturated heterocycles. The van der Waals surface area contributed by atoms with Gasteiger partial charge in [0.2, 0.25) is 0 Å². The van der Waals surface area contributed by atoms with E-state index in [9.17, 15) is 9.50 Å². The average molecular weight is 274 g/mol. The molecule has 2 aromatic rings. The molecule has 3 rings (SSSR count). The summed E-state index contributed by atoms with van der Waals surface area (Å²) in [7, 11) is 1.58. The lowest BCUT2D eigenvalue weighted by Crippen LogP contribution is -2.19. The molecule has 3 nitrogen and oxygen atoms in total. The van der Waals surface area contributed by atoms with E-state index in [0.717, 1.165) is 11.1 Å². The number of fused-ring (bicyclic) bond motifs is 1. The first-order chi connectivity index (χ1) is 9.67. The maximum atomic E-state index is 13.0. The fraction of sp³-hybridized carbons (Fsp3) is 0.250. The summed E-state index contributed by atoms with van der Waals surface area (Å²) in [5.41, 5.74) is 1.60. The van der Waals surface area contributed by atoms with Crippen LogP contribution in [0.2, 0.25) is 0 Å². The highest BCUT2D eigenvalue weighted by molar-refractivity contribution is 5.44. The Morgan fingerprint density at radius 3 is 2.65 bits per heavy atom. The molecular formula is C16H15FO3. The first kappa shape index (κ1) is 12.9. The van der Waals surface area contributed by atoms with Gasteiger partial charge in [-0.25, -0.2) is 4.39 Å². The summed E-state index contributed by atoms with van der Waals surface area (Å²) < 4.78 is 24.0. The third-order valence-corrected chi connectivity index (χ3v) is 3.53. The predicted octanol–water partition coefficient (Wildman–Crippen LogP) is 3.39. The van der Waals surface area contributed by atoms with E-state index in [-0.39, 0.29) is 11.9 Å². The third-order valence-electron chi connectivity index (χ3n) is 3.53. The van der Waals surface area contributed by atoms with Crippen LogP contribution >= 0.6 is 0 Å². The molecule has 2 atom stereocenters. The number of halogens is 1. The molecule has 20 heavy (non-hydrogen) atoms. The number of ether oxygens (including phenoxy) is 2. The molecule has 1 heterocycles. The predicted molar refractivity (Wildman–Crippen MR) is 72.3 cm³/mol. The van der Waals surface area contributed by atoms with Crippen LogP contribution in [0.1, 0.15) is 29.8 Å². The van der Waals surface area contributed by atoms with Crippen molar-refractivity contribution in [2.75, 3.05) is 7.11 Å². The summed E-state index contributed by atoms with van der Waals surface area (Å²) in [5.74, 6) is 1.00. The Kier molecular flexibility index (Phi) is 3.32. The number of methoxy groups -OCH3 is 1. The van der Waals surface area contributed by atoms with Crippen LogP contribution < -0.4 is 9.47 Å². The zero-order valence-electron chi connectivity index (χ0n) is 11.0. The molecule has 0 saturated carbocycles. The molecule has 1 aliphatic heterocycles. The van der Waals surface area contributed by atoms with Crippen LogP contribution in [0.15, 0.2) is 42.5 Å². The van der Waals surface area contributed by atoms with Crippen molar-refractivity contribution in [2.45, 2.75) is 18.6 Å². The molecule has 0 radical (unpaired) electrons. The summed E-state index contributed by atoms with van der Waals surface area (Å²) in [4.78, 5) is 0. The smallest absolute Gasteiger partial charge is 0.129 e. The molecule has 1 N–H and O–H groups in total. The van der Waals surface area contributed by atoms with E-state index in [4.69, 9.17) is 9.47 Å². The largest absolute Gasteiger partial charge is 0.497 e. The molecule has 0 bridgehead atoms. The van der Waals surface area contributed by atoms with Crippen molar-refractivity contribution in [1.82, 2.24) is 0 Å². The van der Waals surface area contributed by atoms with Gasteiger partial charge in [-0.2, -0.15) is 0 Å². The average Bonchev–Trinajstić information content (AvgIpc) is 2.47. The van der Waals surface area contributed by atoms with Gasteiger partial charge in [-0.05, 0) is 29.8 Å². The van der Waals surface area contributed by atoms with Gasteiger partial charge in [0, 0.05) is 18.1 Å². The topological polar surface area (TPSA) is 38.7 Å². The molecule has 0 amide bonds. The first-order valence-corrected chi connectivity index (χ1v) is 6.45. The van der Waals surface area contributed by atoms with Crippen LogP contribution in [0.25, 0.3) is 0 Å². The zero-order chi connectivity index (χ0) is 14.1. The van der Waals surface area contributed by atoms with Gasteiger partial charge in [-0.15, -0.1) is 0 Å². The Morgan fingerprint density at radius 2 is 1.95 bits per heavy atom. The number of hydrogen-bond donors (Lipinski definition) is 1.